The van der Waals surface area contributed by atoms with Crippen LogP contribution in [-0.4, -0.2) is 68.5 Å². The first-order chi connectivity index (χ1) is 13.5. The lowest BCUT2D eigenvalue weighted by molar-refractivity contribution is -0.148. The maximum Gasteiger partial charge on any atom is 0.253 e. The number of benzene rings is 1. The predicted octanol–water partition coefficient (Wildman–Crippen LogP) is 1.75. The van der Waals surface area contributed by atoms with E-state index in [1.807, 2.05) is 24.1 Å². The first-order valence-corrected chi connectivity index (χ1v) is 10.3. The molecule has 4 N–H and O–H groups in total. The number of carbonyl (C=O) groups excluding carboxylic acids is 1. The van der Waals surface area contributed by atoms with Crippen LogP contribution in [0.15, 0.2) is 18.2 Å². The molecule has 28 heavy (non-hydrogen) atoms. The Morgan fingerprint density at radius 1 is 1.39 bits per heavy atom. The fourth-order valence-corrected chi connectivity index (χ4v) is 3.71. The highest BCUT2D eigenvalue weighted by Crippen LogP contribution is 2.36. The van der Waals surface area contributed by atoms with Crippen LogP contribution >= 0.6 is 0 Å². The predicted molar refractivity (Wildman–Crippen MR) is 112 cm³/mol. The molecule has 0 unspecified atom stereocenters. The van der Waals surface area contributed by atoms with Crippen molar-refractivity contribution in [3.8, 4) is 0 Å². The van der Waals surface area contributed by atoms with Gasteiger partial charge in [0.15, 0.2) is 0 Å². The first kappa shape index (κ1) is 20.8. The Morgan fingerprint density at radius 3 is 2.79 bits per heavy atom. The maximum absolute atomic E-state index is 13.2. The van der Waals surface area contributed by atoms with Gasteiger partial charge in [-0.3, -0.25) is 4.79 Å². The van der Waals surface area contributed by atoms with Crippen LogP contribution in [0.5, 0.6) is 0 Å². The molecule has 1 aliphatic heterocycles. The summed E-state index contributed by atoms with van der Waals surface area (Å²) >= 11 is 0. The van der Waals surface area contributed by atoms with Crippen LogP contribution in [0, 0.1) is 5.41 Å². The molecule has 1 heterocycles. The van der Waals surface area contributed by atoms with Crippen LogP contribution in [0.2, 0.25) is 0 Å². The molecule has 7 nitrogen and oxygen atoms in total. The lowest BCUT2D eigenvalue weighted by Gasteiger charge is -2.34. The van der Waals surface area contributed by atoms with Crippen LogP contribution in [0.25, 0.3) is 0 Å². The number of amides is 1. The van der Waals surface area contributed by atoms with E-state index in [0.29, 0.717) is 24.9 Å². The van der Waals surface area contributed by atoms with Crippen LogP contribution in [0.4, 0.5) is 5.69 Å². The number of anilines is 1. The second-order valence-electron chi connectivity index (χ2n) is 7.68. The molecule has 7 heteroatoms. The molecule has 1 aromatic carbocycles. The van der Waals surface area contributed by atoms with Gasteiger partial charge in [0.05, 0.1) is 12.6 Å². The summed E-state index contributed by atoms with van der Waals surface area (Å²) in [6.45, 7) is 7.48. The smallest absolute Gasteiger partial charge is 0.253 e. The Hall–Kier alpha value is -1.96. The van der Waals surface area contributed by atoms with Gasteiger partial charge in [0.1, 0.15) is 6.10 Å². The number of morpholine rings is 1. The second-order valence-corrected chi connectivity index (χ2v) is 7.68. The lowest BCUT2D eigenvalue weighted by atomic mass is 10.00. The van der Waals surface area contributed by atoms with Gasteiger partial charge in [0.2, 0.25) is 0 Å². The number of likely N-dealkylation sites (N-methyl/N-ethyl adjacent to an activating group) is 1. The normalized spacial score (nSPS) is 20.5. The van der Waals surface area contributed by atoms with E-state index >= 15 is 0 Å². The van der Waals surface area contributed by atoms with Gasteiger partial charge in [-0.25, -0.2) is 0 Å². The molecule has 2 aliphatic rings. The summed E-state index contributed by atoms with van der Waals surface area (Å²) in [6.07, 6.45) is 1.72. The largest absolute Gasteiger partial charge is 0.383 e. The Labute approximate surface area is 167 Å². The first-order valence-electron chi connectivity index (χ1n) is 10.3. The molecule has 1 saturated carbocycles. The Kier molecular flexibility index (Phi) is 7.04. The summed E-state index contributed by atoms with van der Waals surface area (Å²) < 4.78 is 5.72. The molecular formula is C21H33N5O2. The maximum atomic E-state index is 13.2. The fraction of sp³-hybridized carbons (Fsp3) is 0.619. The number of nitrogens with zero attached hydrogens (tertiary/aromatic N) is 1. The summed E-state index contributed by atoms with van der Waals surface area (Å²) in [6, 6.07) is 6.40. The third-order valence-electron chi connectivity index (χ3n) is 5.44. The highest BCUT2D eigenvalue weighted by Gasteiger charge is 2.40. The summed E-state index contributed by atoms with van der Waals surface area (Å²) in [4.78, 5) is 15.2. The Balaban J connectivity index is 1.81. The number of hydrogen-bond acceptors (Lipinski definition) is 6. The zero-order chi connectivity index (χ0) is 20.1. The van der Waals surface area contributed by atoms with Gasteiger partial charge in [-0.05, 0) is 45.4 Å². The fourth-order valence-electron chi connectivity index (χ4n) is 3.71. The summed E-state index contributed by atoms with van der Waals surface area (Å²) in [5.41, 5.74) is 3.46. The van der Waals surface area contributed by atoms with E-state index in [4.69, 9.17) is 10.1 Å². The molecule has 0 aromatic heterocycles. The van der Waals surface area contributed by atoms with Crippen molar-refractivity contribution in [2.75, 3.05) is 45.2 Å². The van der Waals surface area contributed by atoms with Gasteiger partial charge < -0.3 is 31.0 Å². The molecule has 2 atom stereocenters. The quantitative estimate of drug-likeness (QED) is 0.383. The highest BCUT2D eigenvalue weighted by molar-refractivity contribution is 6.01. The van der Waals surface area contributed by atoms with Gasteiger partial charge >= 0.3 is 0 Å². The van der Waals surface area contributed by atoms with Gasteiger partial charge in [0, 0.05) is 49.2 Å². The van der Waals surface area contributed by atoms with E-state index in [-0.39, 0.29) is 11.9 Å². The minimum Gasteiger partial charge on any atom is -0.383 e. The summed E-state index contributed by atoms with van der Waals surface area (Å²) in [5.74, 6) is 0.0826. The zero-order valence-corrected chi connectivity index (χ0v) is 17.2. The molecule has 0 radical (unpaired) electrons. The summed E-state index contributed by atoms with van der Waals surface area (Å²) in [5, 5.41) is 17.9. The van der Waals surface area contributed by atoms with E-state index in [1.165, 1.54) is 0 Å². The third-order valence-corrected chi connectivity index (χ3v) is 5.44. The van der Waals surface area contributed by atoms with Crippen LogP contribution < -0.4 is 16.0 Å². The van der Waals surface area contributed by atoms with E-state index in [2.05, 4.69) is 28.9 Å². The van der Waals surface area contributed by atoms with Gasteiger partial charge in [-0.2, -0.15) is 0 Å². The average Bonchev–Trinajstić information content (AvgIpc) is 3.53. The van der Waals surface area contributed by atoms with E-state index in [1.54, 1.807) is 6.92 Å². The molecule has 1 saturated heterocycles. The number of hydrogen-bond donors (Lipinski definition) is 4. The van der Waals surface area contributed by atoms with Gasteiger partial charge in [-0.15, -0.1) is 0 Å². The van der Waals surface area contributed by atoms with Crippen molar-refractivity contribution in [1.82, 2.24) is 15.5 Å². The average molecular weight is 388 g/mol. The van der Waals surface area contributed by atoms with Crippen LogP contribution in [0.3, 0.4) is 0 Å². The molecule has 1 amide bonds. The molecule has 1 aromatic rings. The molecule has 3 rings (SSSR count). The van der Waals surface area contributed by atoms with Crippen LogP contribution in [0.1, 0.15) is 43.9 Å². The SMILES string of the molecule is CNCCNc1cc([C@@H](C)N(C(=O)[C@H]2CNCCO2)C2CC2)ccc1C(C)=N. The minimum absolute atomic E-state index is 0.0320. The Morgan fingerprint density at radius 2 is 2.18 bits per heavy atom. The van der Waals surface area contributed by atoms with Crippen molar-refractivity contribution in [3.05, 3.63) is 29.3 Å². The topological polar surface area (TPSA) is 89.5 Å². The van der Waals surface area contributed by atoms with E-state index in [9.17, 15) is 4.79 Å². The van der Waals surface area contributed by atoms with Crippen molar-refractivity contribution >= 4 is 17.3 Å². The lowest BCUT2D eigenvalue weighted by Crippen LogP contribution is -2.50. The van der Waals surface area contributed by atoms with E-state index in [0.717, 1.165) is 49.3 Å². The third kappa shape index (κ3) is 4.90. The molecular weight excluding hydrogens is 354 g/mol. The molecule has 0 spiro atoms. The standard InChI is InChI=1S/C21H33N5O2/c1-14(22)18-7-4-16(12-19(18)25-9-8-23-3)15(2)26(17-5-6-17)21(27)20-13-24-10-11-28-20/h4,7,12,15,17,20,22-25H,5-6,8-11,13H2,1-3H3/t15-,20-/m1/s1. The van der Waals surface area contributed by atoms with Crippen molar-refractivity contribution < 1.29 is 9.53 Å². The number of rotatable bonds is 9. The van der Waals surface area contributed by atoms with Gasteiger partial charge in [-0.1, -0.05) is 12.1 Å². The molecule has 2 fully saturated rings. The van der Waals surface area contributed by atoms with Crippen LogP contribution in [-0.2, 0) is 9.53 Å². The molecule has 0 bridgehead atoms. The molecule has 1 aliphatic carbocycles. The highest BCUT2D eigenvalue weighted by atomic mass is 16.5. The number of ether oxygens (including phenoxy) is 1. The second kappa shape index (κ2) is 9.49. The van der Waals surface area contributed by atoms with Crippen molar-refractivity contribution in [2.24, 2.45) is 0 Å². The number of nitrogens with one attached hydrogen (secondary N) is 4. The molecule has 154 valence electrons. The Bertz CT molecular complexity index is 698. The van der Waals surface area contributed by atoms with Gasteiger partial charge in [0.25, 0.3) is 5.91 Å². The minimum atomic E-state index is -0.395. The number of carbonyl (C=O) groups is 1. The monoisotopic (exact) mass is 387 g/mol. The van der Waals surface area contributed by atoms with Crippen molar-refractivity contribution in [3.63, 3.8) is 0 Å². The zero-order valence-electron chi connectivity index (χ0n) is 17.2. The van der Waals surface area contributed by atoms with E-state index < -0.39 is 6.10 Å². The van der Waals surface area contributed by atoms with Crippen molar-refractivity contribution in [1.29, 1.82) is 5.41 Å². The summed E-state index contributed by atoms with van der Waals surface area (Å²) in [7, 11) is 1.92. The van der Waals surface area contributed by atoms with Crippen molar-refractivity contribution in [2.45, 2.75) is 44.9 Å².